The fraction of sp³-hybridized carbons (Fsp3) is 0.250. The van der Waals surface area contributed by atoms with Crippen molar-refractivity contribution in [3.05, 3.63) is 16.8 Å². The van der Waals surface area contributed by atoms with Crippen molar-refractivity contribution in [3.8, 4) is 11.6 Å². The summed E-state index contributed by atoms with van der Waals surface area (Å²) in [5.74, 6) is 0.819. The Morgan fingerprint density at radius 2 is 2.23 bits per heavy atom. The van der Waals surface area contributed by atoms with E-state index in [1.54, 1.807) is 0 Å². The second-order valence-electron chi connectivity index (χ2n) is 2.47. The summed E-state index contributed by atoms with van der Waals surface area (Å²) in [6, 6.07) is 1.53. The van der Waals surface area contributed by atoms with E-state index in [0.717, 1.165) is 0 Å². The highest BCUT2D eigenvalue weighted by Gasteiger charge is 2.16. The number of aldehydes is 1. The van der Waals surface area contributed by atoms with Crippen molar-refractivity contribution in [1.29, 1.82) is 0 Å². The van der Waals surface area contributed by atoms with Crippen molar-refractivity contribution < 1.29 is 14.3 Å². The molecule has 13 heavy (non-hydrogen) atoms. The van der Waals surface area contributed by atoms with E-state index >= 15 is 0 Å². The first-order valence-electron chi connectivity index (χ1n) is 3.72. The largest absolute Gasteiger partial charge is 0.484 e. The molecular formula is C8H6ClNO3. The number of aromatic nitrogens is 1. The second kappa shape index (κ2) is 3.22. The molecule has 0 N–H and O–H groups in total. The van der Waals surface area contributed by atoms with Crippen LogP contribution in [0, 0.1) is 0 Å². The second-order valence-corrected chi connectivity index (χ2v) is 2.88. The Kier molecular flexibility index (Phi) is 2.06. The van der Waals surface area contributed by atoms with Gasteiger partial charge in [0.25, 0.3) is 5.88 Å². The predicted molar refractivity (Wildman–Crippen MR) is 45.6 cm³/mol. The zero-order valence-corrected chi connectivity index (χ0v) is 7.37. The molecule has 0 bridgehead atoms. The molecule has 0 radical (unpaired) electrons. The van der Waals surface area contributed by atoms with Gasteiger partial charge in [0.1, 0.15) is 18.9 Å². The van der Waals surface area contributed by atoms with Gasteiger partial charge in [-0.05, 0) is 0 Å². The monoisotopic (exact) mass is 199 g/mol. The zero-order valence-electron chi connectivity index (χ0n) is 6.62. The number of carbonyl (C=O) groups is 1. The van der Waals surface area contributed by atoms with Crippen LogP contribution in [0.2, 0.25) is 5.02 Å². The molecule has 5 heteroatoms. The van der Waals surface area contributed by atoms with Gasteiger partial charge in [0.15, 0.2) is 12.0 Å². The summed E-state index contributed by atoms with van der Waals surface area (Å²) in [4.78, 5) is 14.4. The number of halogens is 1. The summed E-state index contributed by atoms with van der Waals surface area (Å²) in [5, 5.41) is 0.277. The van der Waals surface area contributed by atoms with Crippen molar-refractivity contribution in [2.24, 2.45) is 0 Å². The lowest BCUT2D eigenvalue weighted by Crippen LogP contribution is -2.16. The minimum absolute atomic E-state index is 0.172. The van der Waals surface area contributed by atoms with Crippen molar-refractivity contribution in [2.45, 2.75) is 0 Å². The Morgan fingerprint density at radius 1 is 1.46 bits per heavy atom. The summed E-state index contributed by atoms with van der Waals surface area (Å²) < 4.78 is 10.4. The van der Waals surface area contributed by atoms with Crippen LogP contribution >= 0.6 is 11.6 Å². The lowest BCUT2D eigenvalue weighted by molar-refractivity contribution is 0.111. The first-order chi connectivity index (χ1) is 6.31. The van der Waals surface area contributed by atoms with Gasteiger partial charge in [0.2, 0.25) is 0 Å². The molecule has 68 valence electrons. The lowest BCUT2D eigenvalue weighted by Gasteiger charge is -2.17. The molecule has 0 spiro atoms. The molecule has 0 saturated heterocycles. The molecule has 0 unspecified atom stereocenters. The van der Waals surface area contributed by atoms with Gasteiger partial charge in [-0.25, -0.2) is 4.98 Å². The molecule has 1 aliphatic rings. The van der Waals surface area contributed by atoms with Crippen LogP contribution in [0.4, 0.5) is 0 Å². The van der Waals surface area contributed by atoms with Crippen LogP contribution in [0.25, 0.3) is 0 Å². The molecule has 1 aromatic heterocycles. The third-order valence-corrected chi connectivity index (χ3v) is 1.93. The normalized spacial score (nSPS) is 13.9. The van der Waals surface area contributed by atoms with E-state index < -0.39 is 0 Å². The molecule has 0 saturated carbocycles. The van der Waals surface area contributed by atoms with Gasteiger partial charge in [-0.15, -0.1) is 0 Å². The lowest BCUT2D eigenvalue weighted by atomic mass is 10.3. The van der Waals surface area contributed by atoms with Gasteiger partial charge in [-0.2, -0.15) is 0 Å². The summed E-state index contributed by atoms with van der Waals surface area (Å²) in [5.41, 5.74) is 0.172. The Bertz CT molecular complexity index is 353. The number of hydrogen-bond donors (Lipinski definition) is 0. The molecule has 4 nitrogen and oxygen atoms in total. The predicted octanol–water partition coefficient (Wildman–Crippen LogP) is 1.32. The van der Waals surface area contributed by atoms with Gasteiger partial charge in [-0.1, -0.05) is 11.6 Å². The first kappa shape index (κ1) is 8.31. The van der Waals surface area contributed by atoms with E-state index in [-0.39, 0.29) is 10.7 Å². The van der Waals surface area contributed by atoms with Gasteiger partial charge < -0.3 is 9.47 Å². The van der Waals surface area contributed by atoms with Gasteiger partial charge in [0, 0.05) is 6.07 Å². The fourth-order valence-electron chi connectivity index (χ4n) is 1.05. The Hall–Kier alpha value is -1.29. The molecule has 0 aliphatic carbocycles. The molecular weight excluding hydrogens is 194 g/mol. The van der Waals surface area contributed by atoms with Crippen molar-refractivity contribution in [1.82, 2.24) is 4.98 Å². The molecule has 0 aromatic carbocycles. The maximum atomic E-state index is 10.5. The third kappa shape index (κ3) is 1.45. The number of rotatable bonds is 1. The summed E-state index contributed by atoms with van der Waals surface area (Å²) in [7, 11) is 0. The van der Waals surface area contributed by atoms with E-state index in [1.807, 2.05) is 0 Å². The maximum absolute atomic E-state index is 10.5. The highest BCUT2D eigenvalue weighted by Crippen LogP contribution is 2.31. The molecule has 0 fully saturated rings. The first-order valence-corrected chi connectivity index (χ1v) is 4.10. The van der Waals surface area contributed by atoms with E-state index in [1.165, 1.54) is 6.07 Å². The average molecular weight is 200 g/mol. The van der Waals surface area contributed by atoms with Crippen molar-refractivity contribution >= 4 is 17.9 Å². The number of pyridine rings is 1. The van der Waals surface area contributed by atoms with Crippen LogP contribution in [-0.4, -0.2) is 24.5 Å². The van der Waals surface area contributed by atoms with Crippen molar-refractivity contribution in [3.63, 3.8) is 0 Å². The molecule has 2 rings (SSSR count). The van der Waals surface area contributed by atoms with E-state index in [9.17, 15) is 4.79 Å². The van der Waals surface area contributed by atoms with E-state index in [0.29, 0.717) is 31.1 Å². The molecule has 2 heterocycles. The highest BCUT2D eigenvalue weighted by molar-refractivity contribution is 6.32. The number of fused-ring (bicyclic) bond motifs is 1. The Balaban J connectivity index is 2.50. The quantitative estimate of drug-likeness (QED) is 0.640. The van der Waals surface area contributed by atoms with Crippen LogP contribution in [0.15, 0.2) is 6.07 Å². The minimum atomic E-state index is 0.172. The minimum Gasteiger partial charge on any atom is -0.484 e. The van der Waals surface area contributed by atoms with Gasteiger partial charge >= 0.3 is 0 Å². The number of hydrogen-bond acceptors (Lipinski definition) is 4. The molecule has 1 aliphatic heterocycles. The Labute approximate surface area is 79.4 Å². The topological polar surface area (TPSA) is 48.4 Å². The molecule has 1 aromatic rings. The Morgan fingerprint density at radius 3 is 3.00 bits per heavy atom. The summed E-state index contributed by atoms with van der Waals surface area (Å²) in [6.07, 6.45) is 0.584. The zero-order chi connectivity index (χ0) is 9.26. The van der Waals surface area contributed by atoms with Crippen molar-refractivity contribution in [2.75, 3.05) is 13.2 Å². The standard InChI is InChI=1S/C8H6ClNO3/c9-5-3-7-8(10-6(5)4-11)13-2-1-12-7/h3-4H,1-2H2. The van der Waals surface area contributed by atoms with E-state index in [4.69, 9.17) is 21.1 Å². The SMILES string of the molecule is O=Cc1nc2c(cc1Cl)OCCO2. The third-order valence-electron chi connectivity index (χ3n) is 1.63. The number of ether oxygens (including phenoxy) is 2. The number of nitrogens with zero attached hydrogens (tertiary/aromatic N) is 1. The fourth-order valence-corrected chi connectivity index (χ4v) is 1.23. The van der Waals surface area contributed by atoms with Crippen LogP contribution in [0.3, 0.4) is 0 Å². The average Bonchev–Trinajstić information content (AvgIpc) is 2.17. The summed E-state index contributed by atoms with van der Waals surface area (Å²) >= 11 is 5.73. The highest BCUT2D eigenvalue weighted by atomic mass is 35.5. The summed E-state index contributed by atoms with van der Waals surface area (Å²) in [6.45, 7) is 0.922. The van der Waals surface area contributed by atoms with Crippen LogP contribution in [0.1, 0.15) is 10.5 Å². The molecule has 0 atom stereocenters. The maximum Gasteiger partial charge on any atom is 0.257 e. The number of carbonyl (C=O) groups excluding carboxylic acids is 1. The van der Waals surface area contributed by atoms with Crippen LogP contribution in [0.5, 0.6) is 11.6 Å². The smallest absolute Gasteiger partial charge is 0.257 e. The van der Waals surface area contributed by atoms with E-state index in [2.05, 4.69) is 4.98 Å². The van der Waals surface area contributed by atoms with Gasteiger partial charge in [-0.3, -0.25) is 4.79 Å². The van der Waals surface area contributed by atoms with Crippen LogP contribution < -0.4 is 9.47 Å². The van der Waals surface area contributed by atoms with Gasteiger partial charge in [0.05, 0.1) is 5.02 Å². The van der Waals surface area contributed by atoms with Crippen LogP contribution in [-0.2, 0) is 0 Å². The molecule has 0 amide bonds.